The number of rotatable bonds is 24. The molecule has 4 atom stereocenters. The van der Waals surface area contributed by atoms with Crippen molar-refractivity contribution in [3.05, 3.63) is 149 Å². The standard InChI is InChI=1S/C18H20ClIN2O3.C11H18N2O2.C10H12O4S.C7H4ClIO2.C7H12O2.C4H6N2.C4H8O.Na.H/c1-12-21-6-7-22(12)9-15(11-24-10-13-2-3-13)25-18(23)16-5-4-14(20)8-17(16)19;1-9-12-4-5-13(9)6-11(14)8-15-7-10-2-3-10;1-8-2-4-10(5-3-8)15(11,12)14-7-9-6-13-9;8-6-3-4(9)1-2-5(6)7(10)11;1-2-6(1)3-8-4-7-5-9-7;1-4-5-2-3-6-4;5-3-4-1-2-4;;/h4-8,13,15H,2-3,9-11H2,1H3;4-5,10-11,14H,2-3,6-8H2,1H3;2-5,9H,6-7H2,1H3;1-3H,(H,10,11);6-7H,1-5H2;2-3H,1H3,(H,5,6);4-5H,1-3H2;;/q;;;;;;;+1;-1/t15-;11-;9-;;7-;;;;/m111.0..../s1. The SMILES string of the molecule is C1CC1COC[C@H]1CO1.Cc1ccc(S(=O)(=O)OC[C@H]2CO2)cc1.Cc1ncc[nH]1.Cc1nccn1C[C@@H](O)COCC1CC1.Cc1nccn1C[C@H](COCC1CC1)OC(=O)c1ccc(I)cc1Cl.O=C(O)c1ccc(I)cc1Cl.OCC1CC1.[H-].[Na+]. The van der Waals surface area contributed by atoms with Crippen LogP contribution >= 0.6 is 68.4 Å². The van der Waals surface area contributed by atoms with Crippen molar-refractivity contribution in [2.45, 2.75) is 121 Å². The van der Waals surface area contributed by atoms with Gasteiger partial charge in [0.1, 0.15) is 35.8 Å². The van der Waals surface area contributed by atoms with Crippen LogP contribution in [0, 0.1) is 58.5 Å². The number of epoxide rings is 2. The molecule has 20 nitrogen and oxygen atoms in total. The molecule has 5 heterocycles. The van der Waals surface area contributed by atoms with E-state index in [4.69, 9.17) is 66.0 Å². The van der Waals surface area contributed by atoms with Crippen molar-refractivity contribution in [1.29, 1.82) is 0 Å². The van der Waals surface area contributed by atoms with Crippen molar-refractivity contribution in [3.63, 3.8) is 0 Å². The minimum Gasteiger partial charge on any atom is -1.00 e. The number of H-pyrrole nitrogens is 1. The van der Waals surface area contributed by atoms with Gasteiger partial charge in [-0.05, 0) is 196 Å². The quantitative estimate of drug-likeness (QED) is 0.0148. The summed E-state index contributed by atoms with van der Waals surface area (Å²) in [6.07, 6.45) is 20.6. The molecule has 87 heavy (non-hydrogen) atoms. The first-order valence-corrected chi connectivity index (χ1v) is 33.0. The number of hydrogen-bond donors (Lipinski definition) is 4. The average Bonchev–Trinajstić information content (AvgIpc) is 3.66. The molecule has 26 heteroatoms. The summed E-state index contributed by atoms with van der Waals surface area (Å²) in [5.74, 6) is 4.34. The van der Waals surface area contributed by atoms with Gasteiger partial charge < -0.3 is 59.3 Å². The number of benzene rings is 3. The van der Waals surface area contributed by atoms with E-state index in [1.807, 2.05) is 55.3 Å². The third-order valence-corrected chi connectivity index (χ3v) is 16.7. The maximum Gasteiger partial charge on any atom is 1.00 e. The molecule has 6 aromatic rings. The normalized spacial score (nSPS) is 17.5. The zero-order valence-electron chi connectivity index (χ0n) is 51.0. The second-order valence-electron chi connectivity index (χ2n) is 21.7. The number of halogens is 4. The molecule has 4 N–H and O–H groups in total. The van der Waals surface area contributed by atoms with E-state index in [1.54, 1.807) is 73.3 Å². The number of carbonyl (C=O) groups excluding carboxylic acids is 1. The van der Waals surface area contributed by atoms with E-state index in [1.165, 1.54) is 57.4 Å². The van der Waals surface area contributed by atoms with Crippen molar-refractivity contribution in [3.8, 4) is 0 Å². The van der Waals surface area contributed by atoms with Crippen molar-refractivity contribution < 1.29 is 96.9 Å². The summed E-state index contributed by atoms with van der Waals surface area (Å²) in [7, 11) is -3.61. The van der Waals surface area contributed by atoms with Gasteiger partial charge in [0.25, 0.3) is 10.1 Å². The predicted molar refractivity (Wildman–Crippen MR) is 343 cm³/mol. The molecule has 12 rings (SSSR count). The fraction of sp³-hybridized carbons (Fsp3) is 0.525. The van der Waals surface area contributed by atoms with Crippen LogP contribution in [0.4, 0.5) is 0 Å². The number of imidazole rings is 3. The van der Waals surface area contributed by atoms with Crippen LogP contribution in [0.3, 0.4) is 0 Å². The van der Waals surface area contributed by atoms with Crippen LogP contribution in [0.15, 0.2) is 103 Å². The number of aromatic amines is 1. The maximum absolute atomic E-state index is 12.5. The summed E-state index contributed by atoms with van der Waals surface area (Å²) in [4.78, 5) is 38.2. The van der Waals surface area contributed by atoms with Gasteiger partial charge >= 0.3 is 41.5 Å². The minimum absolute atomic E-state index is 0. The van der Waals surface area contributed by atoms with Gasteiger partial charge in [-0.25, -0.2) is 24.5 Å². The molecule has 0 amide bonds. The van der Waals surface area contributed by atoms with Gasteiger partial charge in [0.2, 0.25) is 0 Å². The Balaban J connectivity index is 0.000000231. The topological polar surface area (TPSA) is 264 Å². The van der Waals surface area contributed by atoms with Gasteiger partial charge in [-0.2, -0.15) is 8.42 Å². The van der Waals surface area contributed by atoms with Gasteiger partial charge in [-0.3, -0.25) is 4.18 Å². The predicted octanol–water partition coefficient (Wildman–Crippen LogP) is 7.86. The van der Waals surface area contributed by atoms with Crippen LogP contribution in [0.25, 0.3) is 0 Å². The van der Waals surface area contributed by atoms with Gasteiger partial charge in [0.05, 0.1) is 84.9 Å². The molecule has 4 aliphatic carbocycles. The van der Waals surface area contributed by atoms with Gasteiger partial charge in [0.15, 0.2) is 0 Å². The van der Waals surface area contributed by atoms with Crippen LogP contribution in [0.2, 0.25) is 10.0 Å². The number of carbonyl (C=O) groups is 2. The fourth-order valence-electron chi connectivity index (χ4n) is 7.22. The Bertz CT molecular complexity index is 3060. The number of ether oxygens (including phenoxy) is 6. The number of aliphatic hydroxyl groups excluding tert-OH is 2. The van der Waals surface area contributed by atoms with Crippen molar-refractivity contribution >= 4 is 90.4 Å². The average molecular weight is 1500 g/mol. The molecule has 474 valence electrons. The smallest absolute Gasteiger partial charge is 1.00 e. The number of aromatic carboxylic acids is 1. The molecule has 6 fully saturated rings. The van der Waals surface area contributed by atoms with E-state index in [0.29, 0.717) is 68.0 Å². The van der Waals surface area contributed by atoms with E-state index in [0.717, 1.165) is 75.0 Å². The third-order valence-electron chi connectivity index (χ3n) is 13.4. The van der Waals surface area contributed by atoms with Crippen LogP contribution < -0.4 is 29.6 Å². The molecule has 3 aromatic heterocycles. The number of nitrogens with zero attached hydrogens (tertiary/aromatic N) is 5. The third kappa shape index (κ3) is 32.2. The van der Waals surface area contributed by atoms with Gasteiger partial charge in [-0.15, -0.1) is 0 Å². The Morgan fingerprint density at radius 1 is 0.690 bits per heavy atom. The Kier molecular flexibility index (Phi) is 33.7. The van der Waals surface area contributed by atoms with E-state index in [9.17, 15) is 23.1 Å². The summed E-state index contributed by atoms with van der Waals surface area (Å²) in [6, 6.07) is 16.6. The van der Waals surface area contributed by atoms with Crippen LogP contribution in [-0.2, 0) is 55.8 Å². The first-order valence-electron chi connectivity index (χ1n) is 28.7. The molecule has 4 saturated carbocycles. The molecule has 0 unspecified atom stereocenters. The zero-order valence-corrected chi connectivity index (χ0v) is 58.6. The summed E-state index contributed by atoms with van der Waals surface area (Å²) < 4.78 is 65.9. The number of hydrogen-bond acceptors (Lipinski definition) is 16. The van der Waals surface area contributed by atoms with Crippen LogP contribution in [0.1, 0.15) is 96.5 Å². The Hall–Kier alpha value is -3.10. The molecule has 6 aliphatic rings. The number of carboxylic acid groups (broad SMARTS) is 1. The Morgan fingerprint density at radius 3 is 1.60 bits per heavy atom. The summed E-state index contributed by atoms with van der Waals surface area (Å²) in [5, 5.41) is 27.2. The molecule has 2 saturated heterocycles. The van der Waals surface area contributed by atoms with E-state index in [-0.39, 0.29) is 59.2 Å². The van der Waals surface area contributed by atoms with Crippen molar-refractivity contribution in [2.75, 3.05) is 66.1 Å². The monoisotopic (exact) mass is 1500 g/mol. The number of carboxylic acids is 1. The second kappa shape index (κ2) is 39.3. The molecule has 0 bridgehead atoms. The molecule has 0 spiro atoms. The molecular weight excluding hydrogens is 1420 g/mol. The number of aryl methyl sites for hydroxylation is 4. The summed E-state index contributed by atoms with van der Waals surface area (Å²) in [5.41, 5.74) is 1.53. The van der Waals surface area contributed by atoms with Crippen LogP contribution in [0.5, 0.6) is 0 Å². The van der Waals surface area contributed by atoms with Gasteiger partial charge in [-0.1, -0.05) is 40.9 Å². The second-order valence-corrected chi connectivity index (χ2v) is 26.6. The largest absolute Gasteiger partial charge is 1.00 e. The fourth-order valence-corrected chi connectivity index (χ4v) is 10.0. The number of aliphatic hydroxyl groups is 2. The maximum atomic E-state index is 12.5. The number of aromatic nitrogens is 6. The molecule has 2 aliphatic heterocycles. The first-order chi connectivity index (χ1) is 41.2. The molecule has 0 radical (unpaired) electrons. The van der Waals surface area contributed by atoms with Crippen molar-refractivity contribution in [1.82, 2.24) is 29.1 Å². The van der Waals surface area contributed by atoms with E-state index >= 15 is 0 Å². The zero-order chi connectivity index (χ0) is 62.0. The van der Waals surface area contributed by atoms with Gasteiger partial charge in [0, 0.05) is 70.7 Å². The van der Waals surface area contributed by atoms with E-state index < -0.39 is 34.3 Å². The first kappa shape index (κ1) is 74.6. The minimum atomic E-state index is -3.61. The molecule has 3 aromatic carbocycles. The molecular formula is C61H81Cl2I2N6NaO14S. The number of esters is 1. The summed E-state index contributed by atoms with van der Waals surface area (Å²) >= 11 is 16.0. The summed E-state index contributed by atoms with van der Waals surface area (Å²) in [6.45, 7) is 14.9. The Morgan fingerprint density at radius 2 is 1.18 bits per heavy atom. The Labute approximate surface area is 571 Å². The number of nitrogens with one attached hydrogen (secondary N) is 1. The van der Waals surface area contributed by atoms with E-state index in [2.05, 4.69) is 65.1 Å². The van der Waals surface area contributed by atoms with Crippen LogP contribution in [-0.4, -0.2) is 155 Å². The van der Waals surface area contributed by atoms with Crippen molar-refractivity contribution in [2.24, 2.45) is 23.7 Å².